The Balaban J connectivity index is 1.98. The Hall–Kier alpha value is -1.39. The molecule has 0 saturated heterocycles. The Bertz CT molecular complexity index is 569. The van der Waals surface area contributed by atoms with Crippen LogP contribution in [-0.2, 0) is 6.42 Å². The predicted octanol–water partition coefficient (Wildman–Crippen LogP) is 4.06. The Labute approximate surface area is 123 Å². The van der Waals surface area contributed by atoms with E-state index in [1.54, 1.807) is 12.3 Å². The molecule has 0 aliphatic heterocycles. The topological polar surface area (TPSA) is 38.1 Å². The summed E-state index contributed by atoms with van der Waals surface area (Å²) in [4.78, 5) is 4.23. The second-order valence-corrected chi connectivity index (χ2v) is 5.36. The van der Waals surface area contributed by atoms with Crippen molar-refractivity contribution < 1.29 is 8.81 Å². The summed E-state index contributed by atoms with van der Waals surface area (Å²) in [7, 11) is 0. The molecule has 0 amide bonds. The maximum atomic E-state index is 13.0. The summed E-state index contributed by atoms with van der Waals surface area (Å²) in [6.07, 6.45) is 3.35. The molecule has 0 bridgehead atoms. The van der Waals surface area contributed by atoms with Gasteiger partial charge in [-0.1, -0.05) is 25.4 Å². The van der Waals surface area contributed by atoms with E-state index >= 15 is 0 Å². The standard InChI is InChI=1S/C15H18ClFN2O/c1-10(2)18-7-3-4-15-19-9-14(20-15)12-6-5-11(17)8-13(12)16/h5-6,8-10,18H,3-4,7H2,1-2H3. The molecule has 0 radical (unpaired) electrons. The summed E-state index contributed by atoms with van der Waals surface area (Å²) in [6, 6.07) is 4.71. The Morgan fingerprint density at radius 2 is 2.20 bits per heavy atom. The van der Waals surface area contributed by atoms with Gasteiger partial charge in [0.25, 0.3) is 0 Å². The zero-order valence-corrected chi connectivity index (χ0v) is 12.4. The van der Waals surface area contributed by atoms with Gasteiger partial charge in [-0.05, 0) is 31.2 Å². The highest BCUT2D eigenvalue weighted by atomic mass is 35.5. The van der Waals surface area contributed by atoms with Gasteiger partial charge in [-0.15, -0.1) is 0 Å². The highest BCUT2D eigenvalue weighted by Gasteiger charge is 2.10. The molecule has 0 unspecified atom stereocenters. The summed E-state index contributed by atoms with van der Waals surface area (Å²) in [5.74, 6) is 0.881. The Kier molecular flexibility index (Phi) is 5.15. The number of benzene rings is 1. The maximum Gasteiger partial charge on any atom is 0.194 e. The first-order valence-electron chi connectivity index (χ1n) is 6.70. The van der Waals surface area contributed by atoms with Crippen molar-refractivity contribution in [3.05, 3.63) is 41.1 Å². The van der Waals surface area contributed by atoms with Crippen molar-refractivity contribution in [1.29, 1.82) is 0 Å². The SMILES string of the molecule is CC(C)NCCCc1ncc(-c2ccc(F)cc2Cl)o1. The van der Waals surface area contributed by atoms with Crippen LogP contribution in [-0.4, -0.2) is 17.6 Å². The summed E-state index contributed by atoms with van der Waals surface area (Å²) in [5, 5.41) is 3.67. The third-order valence-electron chi connectivity index (χ3n) is 2.87. The Morgan fingerprint density at radius 3 is 2.90 bits per heavy atom. The fraction of sp³-hybridized carbons (Fsp3) is 0.400. The predicted molar refractivity (Wildman–Crippen MR) is 78.4 cm³/mol. The third-order valence-corrected chi connectivity index (χ3v) is 3.18. The largest absolute Gasteiger partial charge is 0.441 e. The number of oxazole rings is 1. The van der Waals surface area contributed by atoms with Gasteiger partial charge in [-0.25, -0.2) is 9.37 Å². The molecule has 1 aromatic heterocycles. The van der Waals surface area contributed by atoms with Crippen LogP contribution in [0.1, 0.15) is 26.2 Å². The van der Waals surface area contributed by atoms with E-state index in [1.165, 1.54) is 12.1 Å². The molecule has 5 heteroatoms. The lowest BCUT2D eigenvalue weighted by atomic mass is 10.2. The minimum Gasteiger partial charge on any atom is -0.441 e. The van der Waals surface area contributed by atoms with Gasteiger partial charge >= 0.3 is 0 Å². The molecule has 0 atom stereocenters. The van der Waals surface area contributed by atoms with Gasteiger partial charge in [0.2, 0.25) is 0 Å². The van der Waals surface area contributed by atoms with Gasteiger partial charge in [-0.3, -0.25) is 0 Å². The molecular formula is C15H18ClFN2O. The molecule has 2 rings (SSSR count). The average molecular weight is 297 g/mol. The zero-order chi connectivity index (χ0) is 14.5. The van der Waals surface area contributed by atoms with Crippen molar-refractivity contribution in [2.45, 2.75) is 32.7 Å². The molecule has 0 aliphatic rings. The molecule has 1 aromatic carbocycles. The number of nitrogens with zero attached hydrogens (tertiary/aromatic N) is 1. The van der Waals surface area contributed by atoms with Gasteiger partial charge in [0.05, 0.1) is 11.2 Å². The van der Waals surface area contributed by atoms with E-state index in [0.29, 0.717) is 28.3 Å². The van der Waals surface area contributed by atoms with Crippen LogP contribution in [0.2, 0.25) is 5.02 Å². The molecule has 0 fully saturated rings. The van der Waals surface area contributed by atoms with Gasteiger partial charge in [0.1, 0.15) is 5.82 Å². The summed E-state index contributed by atoms with van der Waals surface area (Å²) < 4.78 is 18.7. The van der Waals surface area contributed by atoms with Crippen molar-refractivity contribution in [2.75, 3.05) is 6.54 Å². The van der Waals surface area contributed by atoms with E-state index in [-0.39, 0.29) is 5.82 Å². The number of nitrogens with one attached hydrogen (secondary N) is 1. The molecule has 20 heavy (non-hydrogen) atoms. The fourth-order valence-electron chi connectivity index (χ4n) is 1.87. The monoisotopic (exact) mass is 296 g/mol. The van der Waals surface area contributed by atoms with Crippen molar-refractivity contribution in [1.82, 2.24) is 10.3 Å². The lowest BCUT2D eigenvalue weighted by Crippen LogP contribution is -2.23. The van der Waals surface area contributed by atoms with Gasteiger partial charge in [-0.2, -0.15) is 0 Å². The van der Waals surface area contributed by atoms with Crippen LogP contribution in [0.25, 0.3) is 11.3 Å². The van der Waals surface area contributed by atoms with Crippen LogP contribution in [0.3, 0.4) is 0 Å². The molecular weight excluding hydrogens is 279 g/mol. The second-order valence-electron chi connectivity index (χ2n) is 4.95. The van der Waals surface area contributed by atoms with Crippen LogP contribution in [0.15, 0.2) is 28.8 Å². The van der Waals surface area contributed by atoms with Crippen LogP contribution < -0.4 is 5.32 Å². The molecule has 0 aliphatic carbocycles. The Morgan fingerprint density at radius 1 is 1.40 bits per heavy atom. The van der Waals surface area contributed by atoms with Crippen LogP contribution in [0, 0.1) is 5.82 Å². The minimum absolute atomic E-state index is 0.328. The van der Waals surface area contributed by atoms with E-state index in [4.69, 9.17) is 16.0 Å². The number of hydrogen-bond acceptors (Lipinski definition) is 3. The van der Waals surface area contributed by atoms with Crippen LogP contribution >= 0.6 is 11.6 Å². The quantitative estimate of drug-likeness (QED) is 0.817. The first kappa shape index (κ1) is 15.0. The van der Waals surface area contributed by atoms with Gasteiger partial charge in [0, 0.05) is 18.0 Å². The van der Waals surface area contributed by atoms with Crippen LogP contribution in [0.4, 0.5) is 4.39 Å². The number of hydrogen-bond donors (Lipinski definition) is 1. The fourth-order valence-corrected chi connectivity index (χ4v) is 2.13. The van der Waals surface area contributed by atoms with E-state index in [0.717, 1.165) is 19.4 Å². The number of rotatable bonds is 6. The van der Waals surface area contributed by atoms with Crippen molar-refractivity contribution >= 4 is 11.6 Å². The molecule has 0 saturated carbocycles. The first-order chi connectivity index (χ1) is 9.56. The molecule has 1 N–H and O–H groups in total. The molecule has 1 heterocycles. The summed E-state index contributed by atoms with van der Waals surface area (Å²) >= 11 is 6.00. The number of aromatic nitrogens is 1. The molecule has 2 aromatic rings. The minimum atomic E-state index is -0.363. The van der Waals surface area contributed by atoms with E-state index in [2.05, 4.69) is 24.1 Å². The number of aryl methyl sites for hydroxylation is 1. The maximum absolute atomic E-state index is 13.0. The zero-order valence-electron chi connectivity index (χ0n) is 11.6. The average Bonchev–Trinajstić information content (AvgIpc) is 2.83. The van der Waals surface area contributed by atoms with Crippen molar-refractivity contribution in [3.63, 3.8) is 0 Å². The van der Waals surface area contributed by atoms with Crippen molar-refractivity contribution in [3.8, 4) is 11.3 Å². The molecule has 108 valence electrons. The second kappa shape index (κ2) is 6.86. The highest BCUT2D eigenvalue weighted by Crippen LogP contribution is 2.29. The lowest BCUT2D eigenvalue weighted by Gasteiger charge is -2.06. The number of halogens is 2. The van der Waals surface area contributed by atoms with E-state index in [9.17, 15) is 4.39 Å². The third kappa shape index (κ3) is 4.05. The van der Waals surface area contributed by atoms with Crippen molar-refractivity contribution in [2.24, 2.45) is 0 Å². The smallest absolute Gasteiger partial charge is 0.194 e. The van der Waals surface area contributed by atoms with E-state index < -0.39 is 0 Å². The normalized spacial score (nSPS) is 11.2. The first-order valence-corrected chi connectivity index (χ1v) is 7.07. The molecule has 3 nitrogen and oxygen atoms in total. The summed E-state index contributed by atoms with van der Waals surface area (Å²) in [5.41, 5.74) is 0.659. The summed E-state index contributed by atoms with van der Waals surface area (Å²) in [6.45, 7) is 5.15. The highest BCUT2D eigenvalue weighted by molar-refractivity contribution is 6.33. The van der Waals surface area contributed by atoms with Crippen LogP contribution in [0.5, 0.6) is 0 Å². The van der Waals surface area contributed by atoms with Gasteiger partial charge < -0.3 is 9.73 Å². The van der Waals surface area contributed by atoms with E-state index in [1.807, 2.05) is 0 Å². The lowest BCUT2D eigenvalue weighted by molar-refractivity contribution is 0.484. The molecule has 0 spiro atoms. The van der Waals surface area contributed by atoms with Gasteiger partial charge in [0.15, 0.2) is 11.7 Å².